The lowest BCUT2D eigenvalue weighted by atomic mass is 10.2. The number of carbonyl (C=O) groups is 1. The van der Waals surface area contributed by atoms with Gasteiger partial charge in [0.25, 0.3) is 0 Å². The second-order valence-electron chi connectivity index (χ2n) is 3.10. The van der Waals surface area contributed by atoms with Crippen molar-refractivity contribution in [2.75, 3.05) is 13.1 Å². The smallest absolute Gasteiger partial charge is 0.176 e. The molecule has 1 saturated heterocycles. The van der Waals surface area contributed by atoms with Crippen molar-refractivity contribution in [2.24, 2.45) is 5.92 Å². The molecule has 1 atom stereocenters. The van der Waals surface area contributed by atoms with E-state index in [1.807, 2.05) is 4.31 Å². The largest absolute Gasteiger partial charge is 0.296 e. The first-order valence-corrected chi connectivity index (χ1v) is 4.95. The van der Waals surface area contributed by atoms with Gasteiger partial charge in [0.1, 0.15) is 0 Å². The lowest BCUT2D eigenvalue weighted by Crippen LogP contribution is -2.20. The van der Waals surface area contributed by atoms with Gasteiger partial charge in [0, 0.05) is 6.54 Å². The quantitative estimate of drug-likeness (QED) is 0.492. The van der Waals surface area contributed by atoms with E-state index >= 15 is 0 Å². The Kier molecular flexibility index (Phi) is 3.22. The fourth-order valence-electron chi connectivity index (χ4n) is 0.987. The number of ketones is 1. The fourth-order valence-corrected chi connectivity index (χ4v) is 2.43. The van der Waals surface area contributed by atoms with Crippen molar-refractivity contribution in [2.45, 2.75) is 18.6 Å². The molecule has 11 heavy (non-hydrogen) atoms. The van der Waals surface area contributed by atoms with Crippen LogP contribution in [0.25, 0.3) is 0 Å². The molecule has 0 bridgehead atoms. The topological polar surface area (TPSA) is 20.3 Å². The third-order valence-corrected chi connectivity index (χ3v) is 2.90. The van der Waals surface area contributed by atoms with Gasteiger partial charge in [0.2, 0.25) is 0 Å². The molecule has 0 radical (unpaired) electrons. The summed E-state index contributed by atoms with van der Waals surface area (Å²) >= 11 is 7.16. The van der Waals surface area contributed by atoms with Crippen LogP contribution in [0.2, 0.25) is 0 Å². The normalized spacial score (nSPS) is 26.9. The average molecular weight is 194 g/mol. The molecule has 0 aromatic carbocycles. The van der Waals surface area contributed by atoms with Gasteiger partial charge in [0.05, 0.1) is 6.54 Å². The molecule has 0 amide bonds. The van der Waals surface area contributed by atoms with Crippen molar-refractivity contribution in [1.82, 2.24) is 4.31 Å². The summed E-state index contributed by atoms with van der Waals surface area (Å²) in [5.74, 6) is 0.731. The van der Waals surface area contributed by atoms with Gasteiger partial charge in [-0.05, 0) is 5.92 Å². The molecule has 1 fully saturated rings. The lowest BCUT2D eigenvalue weighted by molar-refractivity contribution is -0.116. The lowest BCUT2D eigenvalue weighted by Gasteiger charge is -2.14. The van der Waals surface area contributed by atoms with Gasteiger partial charge in [-0.3, -0.25) is 4.79 Å². The number of rotatable bonds is 2. The van der Waals surface area contributed by atoms with Gasteiger partial charge in [-0.2, -0.15) is 0 Å². The minimum atomic E-state index is -0.339. The van der Waals surface area contributed by atoms with E-state index in [0.29, 0.717) is 12.5 Å². The van der Waals surface area contributed by atoms with Crippen LogP contribution in [0.4, 0.5) is 0 Å². The van der Waals surface area contributed by atoms with E-state index in [0.717, 1.165) is 6.54 Å². The van der Waals surface area contributed by atoms with E-state index < -0.39 is 0 Å². The first-order chi connectivity index (χ1) is 5.09. The number of alkyl halides is 1. The van der Waals surface area contributed by atoms with Crippen molar-refractivity contribution in [3.8, 4) is 0 Å². The number of halogens is 1. The summed E-state index contributed by atoms with van der Waals surface area (Å²) in [6.45, 7) is 5.72. The molecule has 0 spiro atoms. The molecule has 0 N–H and O–H groups in total. The summed E-state index contributed by atoms with van der Waals surface area (Å²) in [4.78, 5) is 11.0. The highest BCUT2D eigenvalue weighted by atomic mass is 35.5. The minimum Gasteiger partial charge on any atom is -0.296 e. The van der Waals surface area contributed by atoms with Gasteiger partial charge in [0.15, 0.2) is 10.5 Å². The third kappa shape index (κ3) is 2.65. The number of carbonyl (C=O) groups excluding carboxylic acids is 1. The van der Waals surface area contributed by atoms with Crippen molar-refractivity contribution >= 4 is 29.3 Å². The molecule has 1 aliphatic rings. The molecule has 0 aromatic rings. The highest BCUT2D eigenvalue weighted by Gasteiger charge is 2.29. The first kappa shape index (κ1) is 9.36. The summed E-state index contributed by atoms with van der Waals surface area (Å²) in [7, 11) is 0. The number of hydrogen-bond acceptors (Lipinski definition) is 3. The molecule has 1 rings (SSSR count). The number of nitrogens with zero attached hydrogens (tertiary/aromatic N) is 1. The zero-order valence-electron chi connectivity index (χ0n) is 6.71. The van der Waals surface area contributed by atoms with Crippen molar-refractivity contribution in [3.05, 3.63) is 0 Å². The Morgan fingerprint density at radius 2 is 2.45 bits per heavy atom. The van der Waals surface area contributed by atoms with Gasteiger partial charge in [-0.25, -0.2) is 4.31 Å². The van der Waals surface area contributed by atoms with Crippen LogP contribution in [-0.2, 0) is 4.79 Å². The number of Topliss-reactive ketones (excluding diaryl/α,β-unsaturated/α-hetero) is 1. The molecule has 0 saturated carbocycles. The van der Waals surface area contributed by atoms with Crippen molar-refractivity contribution in [3.63, 3.8) is 0 Å². The van der Waals surface area contributed by atoms with E-state index in [1.54, 1.807) is 0 Å². The summed E-state index contributed by atoms with van der Waals surface area (Å²) in [5.41, 5.74) is 0. The molecule has 1 unspecified atom stereocenters. The second kappa shape index (κ2) is 3.78. The Morgan fingerprint density at radius 3 is 2.82 bits per heavy atom. The van der Waals surface area contributed by atoms with E-state index in [9.17, 15) is 4.79 Å². The molecule has 1 aliphatic heterocycles. The molecule has 1 heterocycles. The van der Waals surface area contributed by atoms with Crippen LogP contribution in [0.1, 0.15) is 13.8 Å². The molecular weight excluding hydrogens is 182 g/mol. The van der Waals surface area contributed by atoms with E-state index in [1.165, 1.54) is 11.9 Å². The van der Waals surface area contributed by atoms with Crippen molar-refractivity contribution in [1.29, 1.82) is 0 Å². The van der Waals surface area contributed by atoms with Crippen molar-refractivity contribution < 1.29 is 4.79 Å². The Balaban J connectivity index is 2.35. The van der Waals surface area contributed by atoms with Crippen LogP contribution in [0.3, 0.4) is 0 Å². The Labute approximate surface area is 76.4 Å². The first-order valence-electron chi connectivity index (χ1n) is 3.68. The average Bonchev–Trinajstić information content (AvgIpc) is 2.10. The van der Waals surface area contributed by atoms with E-state index in [2.05, 4.69) is 13.8 Å². The highest BCUT2D eigenvalue weighted by Crippen LogP contribution is 2.28. The van der Waals surface area contributed by atoms with Gasteiger partial charge < -0.3 is 0 Å². The summed E-state index contributed by atoms with van der Waals surface area (Å²) in [5, 5.41) is 0. The van der Waals surface area contributed by atoms with Crippen LogP contribution >= 0.6 is 23.5 Å². The predicted octanol–water partition coefficient (Wildman–Crippen LogP) is 1.74. The van der Waals surface area contributed by atoms with Crippen LogP contribution in [0, 0.1) is 5.92 Å². The molecule has 4 heteroatoms. The Bertz CT molecular complexity index is 163. The van der Waals surface area contributed by atoms with Gasteiger partial charge in [-0.15, -0.1) is 11.6 Å². The second-order valence-corrected chi connectivity index (χ2v) is 5.00. The zero-order chi connectivity index (χ0) is 8.43. The Hall–Kier alpha value is 0.270. The fraction of sp³-hybridized carbons (Fsp3) is 0.857. The monoisotopic (exact) mass is 193 g/mol. The summed E-state index contributed by atoms with van der Waals surface area (Å²) < 4.78 is 1.69. The van der Waals surface area contributed by atoms with Crippen LogP contribution < -0.4 is 0 Å². The SMILES string of the molecule is CC(C)CN1CC(=O)C(Cl)S1. The van der Waals surface area contributed by atoms with Crippen LogP contribution in [0.5, 0.6) is 0 Å². The zero-order valence-corrected chi connectivity index (χ0v) is 8.28. The standard InChI is InChI=1S/C7H12ClNOS/c1-5(2)3-9-4-6(10)7(8)11-9/h5,7H,3-4H2,1-2H3. The molecule has 64 valence electrons. The molecular formula is C7H12ClNOS. The number of hydrogen-bond donors (Lipinski definition) is 0. The van der Waals surface area contributed by atoms with Crippen LogP contribution in [0.15, 0.2) is 0 Å². The maximum absolute atomic E-state index is 11.0. The highest BCUT2D eigenvalue weighted by molar-refractivity contribution is 8.00. The van der Waals surface area contributed by atoms with Gasteiger partial charge in [-0.1, -0.05) is 25.8 Å². The van der Waals surface area contributed by atoms with Crippen LogP contribution in [-0.4, -0.2) is 27.9 Å². The summed E-state index contributed by atoms with van der Waals surface area (Å²) in [6, 6.07) is 0. The Morgan fingerprint density at radius 1 is 1.82 bits per heavy atom. The van der Waals surface area contributed by atoms with E-state index in [-0.39, 0.29) is 10.5 Å². The maximum Gasteiger partial charge on any atom is 0.176 e. The molecule has 0 aromatic heterocycles. The van der Waals surface area contributed by atoms with E-state index in [4.69, 9.17) is 11.6 Å². The maximum atomic E-state index is 11.0. The predicted molar refractivity (Wildman–Crippen MR) is 48.7 cm³/mol. The summed E-state index contributed by atoms with van der Waals surface area (Å²) in [6.07, 6.45) is 0. The van der Waals surface area contributed by atoms with Gasteiger partial charge >= 0.3 is 0 Å². The molecule has 0 aliphatic carbocycles. The minimum absolute atomic E-state index is 0.136. The molecule has 2 nitrogen and oxygen atoms in total. The third-order valence-electron chi connectivity index (χ3n) is 1.40.